The summed E-state index contributed by atoms with van der Waals surface area (Å²) in [4.78, 5) is 7.77. The van der Waals surface area contributed by atoms with Crippen LogP contribution in [0.25, 0.3) is 0 Å². The maximum atomic E-state index is 12.4. The molecule has 4 atom stereocenters. The molecule has 0 bridgehead atoms. The molecule has 276 valence electrons. The second kappa shape index (κ2) is 20.7. The van der Waals surface area contributed by atoms with E-state index in [1.807, 2.05) is 0 Å². The van der Waals surface area contributed by atoms with Crippen molar-refractivity contribution in [2.24, 2.45) is 0 Å². The first-order valence-electron chi connectivity index (χ1n) is 16.8. The van der Waals surface area contributed by atoms with Crippen molar-refractivity contribution in [1.82, 2.24) is 19.6 Å². The van der Waals surface area contributed by atoms with E-state index in [-0.39, 0.29) is 25.3 Å². The maximum Gasteiger partial charge on any atom is 0.406 e. The first-order chi connectivity index (χ1) is 21.2. The number of halogens is 6. The molecule has 4 saturated heterocycles. The highest BCUT2D eigenvalue weighted by atomic mass is 19.4. The van der Waals surface area contributed by atoms with E-state index in [0.717, 1.165) is 39.4 Å². The molecule has 46 heavy (non-hydrogen) atoms. The summed E-state index contributed by atoms with van der Waals surface area (Å²) in [7, 11) is 0. The van der Waals surface area contributed by atoms with Crippen LogP contribution in [0, 0.1) is 0 Å². The highest BCUT2D eigenvalue weighted by molar-refractivity contribution is 4.84. The molecular weight excluding hydrogens is 618 g/mol. The van der Waals surface area contributed by atoms with Crippen LogP contribution in [-0.4, -0.2) is 159 Å². The van der Waals surface area contributed by atoms with Crippen molar-refractivity contribution in [3.63, 3.8) is 0 Å². The van der Waals surface area contributed by atoms with Crippen LogP contribution in [0.15, 0.2) is 0 Å². The summed E-state index contributed by atoms with van der Waals surface area (Å²) >= 11 is 0. The Morgan fingerprint density at radius 3 is 1.02 bits per heavy atom. The predicted molar refractivity (Wildman–Crippen MR) is 169 cm³/mol. The molecule has 0 aromatic rings. The summed E-state index contributed by atoms with van der Waals surface area (Å²) in [5, 5.41) is 0. The molecule has 0 spiro atoms. The van der Waals surface area contributed by atoms with E-state index in [2.05, 4.69) is 51.3 Å². The lowest BCUT2D eigenvalue weighted by Gasteiger charge is -2.39. The van der Waals surface area contributed by atoms with E-state index < -0.39 is 24.4 Å². The van der Waals surface area contributed by atoms with E-state index in [4.69, 9.17) is 18.9 Å². The van der Waals surface area contributed by atoms with Crippen LogP contribution in [0.1, 0.15) is 69.2 Å². The monoisotopic (exact) mass is 680 g/mol. The van der Waals surface area contributed by atoms with Crippen LogP contribution in [-0.2, 0) is 18.9 Å². The van der Waals surface area contributed by atoms with Crippen LogP contribution in [0.4, 0.5) is 26.3 Å². The summed E-state index contributed by atoms with van der Waals surface area (Å²) in [5.41, 5.74) is 0. The van der Waals surface area contributed by atoms with Gasteiger partial charge in [0.05, 0.1) is 51.8 Å². The number of nitrogens with zero attached hydrogens (tertiary/aromatic N) is 4. The molecule has 4 rings (SSSR count). The van der Waals surface area contributed by atoms with Crippen LogP contribution < -0.4 is 0 Å². The first-order valence-corrected chi connectivity index (χ1v) is 16.8. The smallest absolute Gasteiger partial charge is 0.378 e. The standard InChI is InChI=1S/2C8H14F3NO.2C8H17NO/c2*1-6(2)12-3-4-13-5-7(12)8(9,10)11;2*1-7(2)9-4-5-10-8(3)6-9/h2*6-7H,3-5H2,1-2H3;2*7-8H,4-6H2,1-3H3/t2*7-;2*8-/m1010/s1. The molecule has 0 aromatic carbocycles. The van der Waals surface area contributed by atoms with Crippen LogP contribution in [0.2, 0.25) is 0 Å². The molecule has 0 radical (unpaired) electrons. The predicted octanol–water partition coefficient (Wildman–Crippen LogP) is 5.55. The van der Waals surface area contributed by atoms with Gasteiger partial charge < -0.3 is 18.9 Å². The summed E-state index contributed by atoms with van der Waals surface area (Å²) in [5.74, 6) is 0. The number of ether oxygens (including phenoxy) is 4. The number of alkyl halides is 6. The van der Waals surface area contributed by atoms with Gasteiger partial charge in [0.2, 0.25) is 0 Å². The zero-order valence-corrected chi connectivity index (χ0v) is 29.8. The van der Waals surface area contributed by atoms with Gasteiger partial charge in [-0.05, 0) is 69.2 Å². The zero-order valence-electron chi connectivity index (χ0n) is 29.8. The van der Waals surface area contributed by atoms with Crippen molar-refractivity contribution in [2.45, 2.75) is 130 Å². The van der Waals surface area contributed by atoms with Crippen molar-refractivity contribution in [1.29, 1.82) is 0 Å². The molecule has 4 fully saturated rings. The van der Waals surface area contributed by atoms with Gasteiger partial charge in [-0.1, -0.05) is 0 Å². The molecule has 14 heteroatoms. The molecule has 8 nitrogen and oxygen atoms in total. The molecule has 4 aliphatic heterocycles. The lowest BCUT2D eigenvalue weighted by Crippen LogP contribution is -2.55. The second-order valence-corrected chi connectivity index (χ2v) is 13.5. The third-order valence-corrected chi connectivity index (χ3v) is 8.43. The van der Waals surface area contributed by atoms with Crippen molar-refractivity contribution in [3.05, 3.63) is 0 Å². The van der Waals surface area contributed by atoms with E-state index in [1.54, 1.807) is 27.7 Å². The highest BCUT2D eigenvalue weighted by Gasteiger charge is 2.46. The van der Waals surface area contributed by atoms with E-state index in [1.165, 1.54) is 9.80 Å². The van der Waals surface area contributed by atoms with Gasteiger partial charge in [0, 0.05) is 63.4 Å². The van der Waals surface area contributed by atoms with Crippen LogP contribution in [0.3, 0.4) is 0 Å². The average molecular weight is 681 g/mol. The minimum Gasteiger partial charge on any atom is -0.378 e. The van der Waals surface area contributed by atoms with Crippen molar-refractivity contribution in [3.8, 4) is 0 Å². The van der Waals surface area contributed by atoms with Gasteiger partial charge in [0.15, 0.2) is 0 Å². The maximum absolute atomic E-state index is 12.4. The summed E-state index contributed by atoms with van der Waals surface area (Å²) in [6.45, 7) is 27.5. The van der Waals surface area contributed by atoms with Gasteiger partial charge in [-0.25, -0.2) is 0 Å². The fourth-order valence-electron chi connectivity index (χ4n) is 5.66. The molecular formula is C32H62F6N4O4. The Kier molecular flexibility index (Phi) is 19.5. The molecule has 0 amide bonds. The number of morpholine rings is 4. The Morgan fingerprint density at radius 1 is 0.500 bits per heavy atom. The third kappa shape index (κ3) is 16.1. The summed E-state index contributed by atoms with van der Waals surface area (Å²) in [6.07, 6.45) is -7.50. The lowest BCUT2D eigenvalue weighted by atomic mass is 10.1. The summed E-state index contributed by atoms with van der Waals surface area (Å²) in [6, 6.07) is -1.69. The van der Waals surface area contributed by atoms with Gasteiger partial charge in [-0.3, -0.25) is 19.6 Å². The molecule has 0 aromatic heterocycles. The zero-order chi connectivity index (χ0) is 35.2. The Morgan fingerprint density at radius 2 is 0.826 bits per heavy atom. The van der Waals surface area contributed by atoms with E-state index >= 15 is 0 Å². The molecule has 0 aliphatic carbocycles. The fourth-order valence-corrected chi connectivity index (χ4v) is 5.66. The SMILES string of the molecule is CC(C)N1CCOC[C@@H]1C(F)(F)F.CC(C)N1CCOC[C@H]1C(F)(F)F.CC(C)N1CCO[C@@H](C)C1.CC(C)N1CCO[C@H](C)C1. The normalized spacial score (nSPS) is 27.9. The van der Waals surface area contributed by atoms with Crippen molar-refractivity contribution < 1.29 is 45.3 Å². The number of rotatable bonds is 4. The van der Waals surface area contributed by atoms with Crippen molar-refractivity contribution >= 4 is 0 Å². The number of hydrogen-bond donors (Lipinski definition) is 0. The average Bonchev–Trinajstić information content (AvgIpc) is 2.97. The Bertz CT molecular complexity index is 740. The van der Waals surface area contributed by atoms with Gasteiger partial charge in [0.25, 0.3) is 0 Å². The highest BCUT2D eigenvalue weighted by Crippen LogP contribution is 2.29. The van der Waals surface area contributed by atoms with E-state index in [0.29, 0.717) is 50.6 Å². The van der Waals surface area contributed by atoms with Gasteiger partial charge in [0.1, 0.15) is 12.1 Å². The van der Waals surface area contributed by atoms with Gasteiger partial charge in [-0.2, -0.15) is 26.3 Å². The van der Waals surface area contributed by atoms with Crippen LogP contribution in [0.5, 0.6) is 0 Å². The quantitative estimate of drug-likeness (QED) is 0.359. The second-order valence-electron chi connectivity index (χ2n) is 13.5. The Labute approximate surface area is 274 Å². The van der Waals surface area contributed by atoms with Crippen LogP contribution >= 0.6 is 0 Å². The van der Waals surface area contributed by atoms with Crippen molar-refractivity contribution in [2.75, 3.05) is 78.9 Å². The molecule has 4 aliphatic rings. The fraction of sp³-hybridized carbons (Fsp3) is 1.00. The first kappa shape index (κ1) is 43.3. The molecule has 0 saturated carbocycles. The topological polar surface area (TPSA) is 49.9 Å². The lowest BCUT2D eigenvalue weighted by molar-refractivity contribution is -0.217. The Hall–Kier alpha value is -0.740. The largest absolute Gasteiger partial charge is 0.406 e. The minimum absolute atomic E-state index is 0.0875. The van der Waals surface area contributed by atoms with E-state index in [9.17, 15) is 26.3 Å². The van der Waals surface area contributed by atoms with Gasteiger partial charge >= 0.3 is 12.4 Å². The Balaban J connectivity index is 0.000000309. The molecule has 4 heterocycles. The number of hydrogen-bond acceptors (Lipinski definition) is 8. The third-order valence-electron chi connectivity index (χ3n) is 8.43. The van der Waals surface area contributed by atoms with Gasteiger partial charge in [-0.15, -0.1) is 0 Å². The molecule has 0 N–H and O–H groups in total. The minimum atomic E-state index is -4.18. The molecule has 0 unspecified atom stereocenters. The summed E-state index contributed by atoms with van der Waals surface area (Å²) < 4.78 is 95.1.